The second-order valence-corrected chi connectivity index (χ2v) is 14.0. The Labute approximate surface area is 295 Å². The minimum absolute atomic E-state index is 0.0228. The summed E-state index contributed by atoms with van der Waals surface area (Å²) in [7, 11) is 3.33. The Kier molecular flexibility index (Phi) is 29.7. The third-order valence-electron chi connectivity index (χ3n) is 6.60. The van der Waals surface area contributed by atoms with Gasteiger partial charge in [-0.1, -0.05) is 122 Å². The number of amides is 3. The van der Waals surface area contributed by atoms with Gasteiger partial charge in [0.15, 0.2) is 6.10 Å². The summed E-state index contributed by atoms with van der Waals surface area (Å²) in [6, 6.07) is 0. The van der Waals surface area contributed by atoms with E-state index in [0.29, 0.717) is 19.5 Å². The summed E-state index contributed by atoms with van der Waals surface area (Å²) in [5, 5.41) is 8.59. The van der Waals surface area contributed by atoms with Gasteiger partial charge in [0.1, 0.15) is 23.0 Å². The van der Waals surface area contributed by atoms with E-state index < -0.39 is 6.10 Å². The topological polar surface area (TPSA) is 96.5 Å². The molecule has 0 aliphatic carbocycles. The van der Waals surface area contributed by atoms with Crippen molar-refractivity contribution in [2.24, 2.45) is 5.41 Å². The van der Waals surface area contributed by atoms with Gasteiger partial charge >= 0.3 is 0 Å². The van der Waals surface area contributed by atoms with E-state index in [1.165, 1.54) is 0 Å². The molecule has 0 aliphatic rings. The first-order chi connectivity index (χ1) is 21.8. The first-order valence-electron chi connectivity index (χ1n) is 16.0. The first-order valence-corrected chi connectivity index (χ1v) is 19.4. The molecule has 3 amide bonds. The average Bonchev–Trinajstić information content (AvgIpc) is 3.01. The van der Waals surface area contributed by atoms with Crippen LogP contribution in [0.3, 0.4) is 0 Å². The molecule has 7 nitrogen and oxygen atoms in total. The quantitative estimate of drug-likeness (QED) is 0.0336. The van der Waals surface area contributed by atoms with Crippen LogP contribution in [-0.4, -0.2) is 55.0 Å². The summed E-state index contributed by atoms with van der Waals surface area (Å²) < 4.78 is 5.34. The van der Waals surface area contributed by atoms with Crippen molar-refractivity contribution in [1.82, 2.24) is 16.0 Å². The van der Waals surface area contributed by atoms with Gasteiger partial charge < -0.3 is 19.0 Å². The zero-order valence-corrected chi connectivity index (χ0v) is 31.5. The van der Waals surface area contributed by atoms with Crippen LogP contribution in [0.5, 0.6) is 0 Å². The normalized spacial score (nSPS) is 13.3. The second-order valence-electron chi connectivity index (χ2n) is 10.8. The van der Waals surface area contributed by atoms with Crippen molar-refractivity contribution in [2.75, 3.05) is 31.1 Å². The Bertz CT molecular complexity index is 978. The van der Waals surface area contributed by atoms with Crippen molar-refractivity contribution in [3.63, 3.8) is 0 Å². The molecule has 0 aliphatic heterocycles. The van der Waals surface area contributed by atoms with Crippen molar-refractivity contribution in [3.05, 3.63) is 72.9 Å². The minimum Gasteiger partial charge on any atom is -0.355 e. The molecular formula is C35H56IN3O4S2. The fourth-order valence-corrected chi connectivity index (χ4v) is 6.28. The molecule has 0 rings (SSSR count). The van der Waals surface area contributed by atoms with Gasteiger partial charge in [-0.25, -0.2) is 0 Å². The van der Waals surface area contributed by atoms with Crippen molar-refractivity contribution < 1.29 is 17.4 Å². The first kappa shape index (κ1) is 43.2. The van der Waals surface area contributed by atoms with E-state index in [1.807, 2.05) is 32.9 Å². The smallest absolute Gasteiger partial charge is 0.250 e. The summed E-state index contributed by atoms with van der Waals surface area (Å²) in [6.07, 6.45) is 32.4. The highest BCUT2D eigenvalue weighted by molar-refractivity contribution is 14.1. The Morgan fingerprint density at radius 1 is 0.667 bits per heavy atom. The molecule has 0 radical (unpaired) electrons. The van der Waals surface area contributed by atoms with Crippen molar-refractivity contribution >= 4 is 62.3 Å². The monoisotopic (exact) mass is 773 g/mol. The van der Waals surface area contributed by atoms with Crippen LogP contribution in [0.15, 0.2) is 72.9 Å². The Morgan fingerprint density at radius 3 is 1.56 bits per heavy atom. The summed E-state index contributed by atoms with van der Waals surface area (Å²) in [4.78, 5) is 36.3. The van der Waals surface area contributed by atoms with E-state index in [2.05, 4.69) is 83.6 Å². The molecule has 0 aromatic heterocycles. The number of hydrogen-bond acceptors (Lipinski definition) is 6. The van der Waals surface area contributed by atoms with E-state index in [4.69, 9.17) is 3.07 Å². The van der Waals surface area contributed by atoms with Crippen molar-refractivity contribution in [1.29, 1.82) is 0 Å². The zero-order valence-electron chi connectivity index (χ0n) is 27.7. The summed E-state index contributed by atoms with van der Waals surface area (Å²) in [6.45, 7) is 9.59. The largest absolute Gasteiger partial charge is 0.355 e. The maximum atomic E-state index is 12.4. The Morgan fingerprint density at radius 2 is 1.11 bits per heavy atom. The lowest BCUT2D eigenvalue weighted by atomic mass is 9.83. The molecule has 0 fully saturated rings. The van der Waals surface area contributed by atoms with E-state index in [-0.39, 0.29) is 36.1 Å². The van der Waals surface area contributed by atoms with E-state index >= 15 is 0 Å². The van der Waals surface area contributed by atoms with Crippen LogP contribution < -0.4 is 16.0 Å². The highest BCUT2D eigenvalue weighted by Gasteiger charge is 2.34. The van der Waals surface area contributed by atoms with Gasteiger partial charge in [-0.3, -0.25) is 14.4 Å². The third kappa shape index (κ3) is 27.1. The van der Waals surface area contributed by atoms with Gasteiger partial charge in [0.25, 0.3) is 5.91 Å². The molecule has 0 aromatic carbocycles. The minimum atomic E-state index is -0.555. The molecule has 45 heavy (non-hydrogen) atoms. The van der Waals surface area contributed by atoms with Gasteiger partial charge in [-0.15, -0.1) is 0 Å². The number of rotatable bonds is 27. The third-order valence-corrected chi connectivity index (χ3v) is 9.51. The lowest BCUT2D eigenvalue weighted by molar-refractivity contribution is -0.131. The standard InChI is InChI=1S/C35H56IN3O4S2/c1-5-7-8-9-10-11-12-13-14-15-16-17-18-19-20-21-22-23-24-31(40)37-27-29-44-45-30-28-38-32(41)25-26-39-34(42)33(43-36)35(3,4)6-2/h7-8,10-11,13-14,16-17,19-20,22-23,33H,5-6,9,12,15,18,21,24-30H2,1-4H3,(H,37,40)(H,38,41)(H,39,42)/b8-7-,11-10-,14-13-,17-16-,20-19-,23-22-/t33-/m0/s1. The maximum absolute atomic E-state index is 12.4. The fourth-order valence-electron chi connectivity index (χ4n) is 3.55. The van der Waals surface area contributed by atoms with Crippen LogP contribution in [0.2, 0.25) is 0 Å². The Hall–Kier alpha value is -1.76. The van der Waals surface area contributed by atoms with Crippen molar-refractivity contribution in [2.45, 2.75) is 91.6 Å². The maximum Gasteiger partial charge on any atom is 0.250 e. The number of carbonyl (C=O) groups is 3. The van der Waals surface area contributed by atoms with E-state index in [1.54, 1.807) is 44.6 Å². The molecule has 0 aromatic rings. The second kappa shape index (κ2) is 30.9. The molecule has 10 heteroatoms. The van der Waals surface area contributed by atoms with Gasteiger partial charge in [-0.05, 0) is 44.9 Å². The number of nitrogens with one attached hydrogen (secondary N) is 3. The fraction of sp³-hybridized carbons (Fsp3) is 0.571. The highest BCUT2D eigenvalue weighted by atomic mass is 127. The lowest BCUT2D eigenvalue weighted by Gasteiger charge is -2.29. The zero-order chi connectivity index (χ0) is 33.4. The molecule has 3 N–H and O–H groups in total. The number of allylic oxidation sites excluding steroid dienone is 11. The van der Waals surface area contributed by atoms with Crippen LogP contribution >= 0.6 is 44.6 Å². The molecule has 0 unspecified atom stereocenters. The van der Waals surface area contributed by atoms with Crippen LogP contribution in [0.1, 0.15) is 85.5 Å². The van der Waals surface area contributed by atoms with E-state index in [0.717, 1.165) is 56.5 Å². The average molecular weight is 774 g/mol. The number of hydrogen-bond donors (Lipinski definition) is 3. The van der Waals surface area contributed by atoms with Gasteiger partial charge in [0, 0.05) is 49.4 Å². The van der Waals surface area contributed by atoms with Crippen LogP contribution in [0.4, 0.5) is 0 Å². The summed E-state index contributed by atoms with van der Waals surface area (Å²) in [5.41, 5.74) is -0.278. The van der Waals surface area contributed by atoms with E-state index in [9.17, 15) is 14.4 Å². The van der Waals surface area contributed by atoms with Crippen molar-refractivity contribution in [3.8, 4) is 0 Å². The molecule has 0 spiro atoms. The molecule has 0 saturated carbocycles. The molecule has 254 valence electrons. The van der Waals surface area contributed by atoms with Gasteiger partial charge in [0.05, 0.1) is 0 Å². The van der Waals surface area contributed by atoms with Gasteiger partial charge in [-0.2, -0.15) is 0 Å². The van der Waals surface area contributed by atoms with Gasteiger partial charge in [0.2, 0.25) is 11.8 Å². The molecular weight excluding hydrogens is 717 g/mol. The number of halogens is 1. The van der Waals surface area contributed by atoms with Crippen LogP contribution in [0, 0.1) is 5.41 Å². The van der Waals surface area contributed by atoms with Crippen LogP contribution in [-0.2, 0) is 17.4 Å². The lowest BCUT2D eigenvalue weighted by Crippen LogP contribution is -2.44. The molecule has 0 bridgehead atoms. The highest BCUT2D eigenvalue weighted by Crippen LogP contribution is 2.28. The predicted molar refractivity (Wildman–Crippen MR) is 204 cm³/mol. The SMILES string of the molecule is CC/C=C\C/C=C\C/C=C\C/C=C\C/C=C\C/C=C\CC(=O)NCCSSCCNC(=O)CCNC(=O)[C@H](OI)C(C)(C)CC. The molecule has 0 saturated heterocycles. The predicted octanol–water partition coefficient (Wildman–Crippen LogP) is 8.37. The summed E-state index contributed by atoms with van der Waals surface area (Å²) >= 11 is 1.76. The molecule has 0 heterocycles. The number of carbonyl (C=O) groups excluding carboxylic acids is 3. The summed E-state index contributed by atoms with van der Waals surface area (Å²) in [5.74, 6) is 1.30. The Balaban J connectivity index is 3.69. The molecule has 1 atom stereocenters. The van der Waals surface area contributed by atoms with Crippen LogP contribution in [0.25, 0.3) is 0 Å².